The van der Waals surface area contributed by atoms with Crippen LogP contribution in [0.15, 0.2) is 0 Å². The molecule has 0 saturated carbocycles. The Morgan fingerprint density at radius 2 is 1.81 bits per heavy atom. The number of carbonyl (C=O) groups excluding carboxylic acids is 1. The molecule has 0 aliphatic rings. The second-order valence-electron chi connectivity index (χ2n) is 3.14. The zero-order valence-electron chi connectivity index (χ0n) is 8.42. The Labute approximate surface area is 91.1 Å². The maximum Gasteiger partial charge on any atom is 0.332 e. The Kier molecular flexibility index (Phi) is 6.04. The van der Waals surface area contributed by atoms with Crippen molar-refractivity contribution in [1.29, 1.82) is 0 Å². The standard InChI is InChI=1S/C8H14N2O6/c9-4(3-6(12)13)7(14)10-2-1-5(11)8(15)16/h4-5,11H,1-3,9H2,(H,10,14)(H,12,13)(H,15,16)/t4?,5-/m0/s1. The minimum Gasteiger partial charge on any atom is -0.481 e. The van der Waals surface area contributed by atoms with E-state index in [-0.39, 0.29) is 13.0 Å². The third-order valence-electron chi connectivity index (χ3n) is 1.73. The van der Waals surface area contributed by atoms with Gasteiger partial charge in [-0.25, -0.2) is 4.79 Å². The van der Waals surface area contributed by atoms with Gasteiger partial charge < -0.3 is 26.4 Å². The summed E-state index contributed by atoms with van der Waals surface area (Å²) >= 11 is 0. The highest BCUT2D eigenvalue weighted by Gasteiger charge is 2.18. The smallest absolute Gasteiger partial charge is 0.332 e. The van der Waals surface area contributed by atoms with E-state index < -0.39 is 36.4 Å². The van der Waals surface area contributed by atoms with Gasteiger partial charge in [-0.2, -0.15) is 0 Å². The molecule has 0 aliphatic carbocycles. The highest BCUT2D eigenvalue weighted by Crippen LogP contribution is 1.92. The Morgan fingerprint density at radius 3 is 2.25 bits per heavy atom. The highest BCUT2D eigenvalue weighted by atomic mass is 16.4. The van der Waals surface area contributed by atoms with Crippen LogP contribution in [0.1, 0.15) is 12.8 Å². The number of rotatable bonds is 7. The molecular weight excluding hydrogens is 220 g/mol. The van der Waals surface area contributed by atoms with Crippen molar-refractivity contribution in [2.75, 3.05) is 6.54 Å². The number of hydrogen-bond acceptors (Lipinski definition) is 5. The van der Waals surface area contributed by atoms with Crippen molar-refractivity contribution in [2.24, 2.45) is 5.73 Å². The molecule has 0 aromatic heterocycles. The summed E-state index contributed by atoms with van der Waals surface area (Å²) in [4.78, 5) is 31.5. The van der Waals surface area contributed by atoms with Gasteiger partial charge in [0.2, 0.25) is 5.91 Å². The van der Waals surface area contributed by atoms with Crippen LogP contribution in [0, 0.1) is 0 Å². The SMILES string of the molecule is NC(CC(=O)O)C(=O)NCC[C@H](O)C(=O)O. The summed E-state index contributed by atoms with van der Waals surface area (Å²) < 4.78 is 0. The topological polar surface area (TPSA) is 150 Å². The fourth-order valence-electron chi connectivity index (χ4n) is 0.867. The van der Waals surface area contributed by atoms with Gasteiger partial charge in [0.15, 0.2) is 6.10 Å². The van der Waals surface area contributed by atoms with Crippen LogP contribution >= 0.6 is 0 Å². The largest absolute Gasteiger partial charge is 0.481 e. The van der Waals surface area contributed by atoms with Crippen LogP contribution in [0.2, 0.25) is 0 Å². The van der Waals surface area contributed by atoms with E-state index in [2.05, 4.69) is 5.32 Å². The normalized spacial score (nSPS) is 13.9. The van der Waals surface area contributed by atoms with E-state index in [4.69, 9.17) is 21.1 Å². The fraction of sp³-hybridized carbons (Fsp3) is 0.625. The van der Waals surface area contributed by atoms with Crippen molar-refractivity contribution >= 4 is 17.8 Å². The summed E-state index contributed by atoms with van der Waals surface area (Å²) in [5.41, 5.74) is 5.22. The van der Waals surface area contributed by atoms with Crippen molar-refractivity contribution in [3.63, 3.8) is 0 Å². The van der Waals surface area contributed by atoms with Crippen LogP contribution in [-0.2, 0) is 14.4 Å². The summed E-state index contributed by atoms with van der Waals surface area (Å²) in [7, 11) is 0. The number of carboxylic acids is 2. The predicted molar refractivity (Wildman–Crippen MR) is 51.5 cm³/mol. The molecule has 92 valence electrons. The van der Waals surface area contributed by atoms with Crippen molar-refractivity contribution in [1.82, 2.24) is 5.32 Å². The quantitative estimate of drug-likeness (QED) is 0.333. The second kappa shape index (κ2) is 6.75. The van der Waals surface area contributed by atoms with Crippen LogP contribution in [-0.4, -0.2) is 51.9 Å². The molecule has 0 heterocycles. The first kappa shape index (κ1) is 14.3. The molecule has 0 bridgehead atoms. The number of aliphatic hydroxyl groups is 1. The number of amides is 1. The van der Waals surface area contributed by atoms with E-state index in [0.717, 1.165) is 0 Å². The molecule has 0 rings (SSSR count). The maximum atomic E-state index is 11.1. The zero-order valence-corrected chi connectivity index (χ0v) is 8.42. The van der Waals surface area contributed by atoms with Gasteiger partial charge in [-0.05, 0) is 0 Å². The first-order valence-electron chi connectivity index (χ1n) is 4.50. The number of aliphatic carboxylic acids is 2. The van der Waals surface area contributed by atoms with Gasteiger partial charge in [0.05, 0.1) is 12.5 Å². The lowest BCUT2D eigenvalue weighted by Crippen LogP contribution is -2.43. The lowest BCUT2D eigenvalue weighted by Gasteiger charge is -2.10. The zero-order chi connectivity index (χ0) is 12.7. The molecule has 0 aromatic carbocycles. The van der Waals surface area contributed by atoms with Crippen molar-refractivity contribution < 1.29 is 29.7 Å². The summed E-state index contributed by atoms with van der Waals surface area (Å²) in [6.07, 6.45) is -2.23. The van der Waals surface area contributed by atoms with Gasteiger partial charge in [-0.1, -0.05) is 0 Å². The van der Waals surface area contributed by atoms with Gasteiger partial charge in [-0.15, -0.1) is 0 Å². The van der Waals surface area contributed by atoms with Gasteiger partial charge in [-0.3, -0.25) is 9.59 Å². The minimum atomic E-state index is -1.56. The molecule has 8 nitrogen and oxygen atoms in total. The van der Waals surface area contributed by atoms with Crippen LogP contribution in [0.5, 0.6) is 0 Å². The lowest BCUT2D eigenvalue weighted by atomic mass is 10.2. The summed E-state index contributed by atoms with van der Waals surface area (Å²) in [5, 5.41) is 27.7. The average Bonchev–Trinajstić information content (AvgIpc) is 2.15. The molecule has 0 spiro atoms. The van der Waals surface area contributed by atoms with Crippen molar-refractivity contribution in [2.45, 2.75) is 25.0 Å². The molecule has 1 amide bonds. The Balaban J connectivity index is 3.81. The van der Waals surface area contributed by atoms with Crippen LogP contribution in [0.3, 0.4) is 0 Å². The van der Waals surface area contributed by atoms with Gasteiger partial charge in [0.25, 0.3) is 0 Å². The van der Waals surface area contributed by atoms with E-state index in [1.807, 2.05) is 0 Å². The monoisotopic (exact) mass is 234 g/mol. The van der Waals surface area contributed by atoms with Crippen LogP contribution < -0.4 is 11.1 Å². The third kappa shape index (κ3) is 5.94. The number of aliphatic hydroxyl groups excluding tert-OH is 1. The van der Waals surface area contributed by atoms with E-state index in [1.165, 1.54) is 0 Å². The van der Waals surface area contributed by atoms with E-state index >= 15 is 0 Å². The first-order chi connectivity index (χ1) is 7.34. The molecule has 8 heteroatoms. The van der Waals surface area contributed by atoms with Crippen molar-refractivity contribution in [3.05, 3.63) is 0 Å². The number of hydrogen-bond donors (Lipinski definition) is 5. The van der Waals surface area contributed by atoms with Crippen LogP contribution in [0.4, 0.5) is 0 Å². The summed E-state index contributed by atoms with van der Waals surface area (Å²) in [6.45, 7) is -0.0837. The molecule has 0 radical (unpaired) electrons. The second-order valence-corrected chi connectivity index (χ2v) is 3.14. The highest BCUT2D eigenvalue weighted by molar-refractivity contribution is 5.85. The number of carboxylic acid groups (broad SMARTS) is 2. The molecular formula is C8H14N2O6. The molecule has 0 saturated heterocycles. The number of carbonyl (C=O) groups is 3. The number of nitrogens with two attached hydrogens (primary N) is 1. The molecule has 16 heavy (non-hydrogen) atoms. The fourth-order valence-corrected chi connectivity index (χ4v) is 0.867. The minimum absolute atomic E-state index is 0.0837. The molecule has 1 unspecified atom stereocenters. The Hall–Kier alpha value is -1.67. The summed E-state index contributed by atoms with van der Waals surface area (Å²) in [6, 6.07) is -1.18. The van der Waals surface area contributed by atoms with Crippen molar-refractivity contribution in [3.8, 4) is 0 Å². The molecule has 0 aliphatic heterocycles. The Bertz CT molecular complexity index is 280. The van der Waals surface area contributed by atoms with Gasteiger partial charge >= 0.3 is 11.9 Å². The third-order valence-corrected chi connectivity index (χ3v) is 1.73. The Morgan fingerprint density at radius 1 is 1.25 bits per heavy atom. The van der Waals surface area contributed by atoms with E-state index in [1.54, 1.807) is 0 Å². The van der Waals surface area contributed by atoms with E-state index in [0.29, 0.717) is 0 Å². The maximum absolute atomic E-state index is 11.1. The average molecular weight is 234 g/mol. The van der Waals surface area contributed by atoms with Gasteiger partial charge in [0.1, 0.15) is 0 Å². The number of nitrogens with one attached hydrogen (secondary N) is 1. The predicted octanol–water partition coefficient (Wildman–Crippen LogP) is -2.26. The molecule has 2 atom stereocenters. The summed E-state index contributed by atoms with van der Waals surface area (Å²) in [5.74, 6) is -3.28. The molecule has 0 aromatic rings. The first-order valence-corrected chi connectivity index (χ1v) is 4.50. The molecule has 6 N–H and O–H groups in total. The van der Waals surface area contributed by atoms with E-state index in [9.17, 15) is 14.4 Å². The lowest BCUT2D eigenvalue weighted by molar-refractivity contribution is -0.147. The van der Waals surface area contributed by atoms with Gasteiger partial charge in [0, 0.05) is 13.0 Å². The van der Waals surface area contributed by atoms with Crippen LogP contribution in [0.25, 0.3) is 0 Å². The molecule has 0 fully saturated rings.